The Morgan fingerprint density at radius 2 is 1.59 bits per heavy atom. The standard InChI is InChI=1S/C27H25NO4/c1-3-32-22-15-13-20(14-16-22)24-23(25(29)21-11-9-18(2)10-12-21)26(30)27(31)28(24)17-19-7-5-4-6-8-19/h4-16,24,29H,3,17H2,1-2H3/b25-23+. The Balaban J connectivity index is 1.83. The van der Waals surface area contributed by atoms with E-state index in [0.717, 1.165) is 16.7 Å². The Morgan fingerprint density at radius 3 is 2.22 bits per heavy atom. The molecule has 1 fully saturated rings. The van der Waals surface area contributed by atoms with Gasteiger partial charge < -0.3 is 14.7 Å². The molecule has 0 radical (unpaired) electrons. The molecule has 32 heavy (non-hydrogen) atoms. The SMILES string of the molecule is CCOc1ccc(C2/C(=C(\O)c3ccc(C)cc3)C(=O)C(=O)N2Cc2ccccc2)cc1. The van der Waals surface area contributed by atoms with Crippen molar-refractivity contribution in [1.82, 2.24) is 4.90 Å². The summed E-state index contributed by atoms with van der Waals surface area (Å²) in [6, 6.07) is 23.3. The van der Waals surface area contributed by atoms with Crippen LogP contribution in [0.25, 0.3) is 5.76 Å². The second-order valence-corrected chi connectivity index (χ2v) is 7.78. The Morgan fingerprint density at radius 1 is 0.938 bits per heavy atom. The molecule has 0 spiro atoms. The van der Waals surface area contributed by atoms with Crippen LogP contribution in [0.4, 0.5) is 0 Å². The van der Waals surface area contributed by atoms with Crippen LogP contribution in [0, 0.1) is 6.92 Å². The van der Waals surface area contributed by atoms with E-state index in [-0.39, 0.29) is 17.9 Å². The fourth-order valence-electron chi connectivity index (χ4n) is 3.95. The number of carbonyl (C=O) groups is 2. The molecular weight excluding hydrogens is 402 g/mol. The third-order valence-corrected chi connectivity index (χ3v) is 5.57. The van der Waals surface area contributed by atoms with Crippen molar-refractivity contribution in [1.29, 1.82) is 0 Å². The van der Waals surface area contributed by atoms with Crippen LogP contribution in [-0.4, -0.2) is 28.3 Å². The summed E-state index contributed by atoms with van der Waals surface area (Å²) in [4.78, 5) is 27.7. The number of benzene rings is 3. The zero-order chi connectivity index (χ0) is 22.7. The number of hydrogen-bond donors (Lipinski definition) is 1. The average molecular weight is 428 g/mol. The van der Waals surface area contributed by atoms with E-state index in [4.69, 9.17) is 4.74 Å². The zero-order valence-electron chi connectivity index (χ0n) is 18.1. The average Bonchev–Trinajstić information content (AvgIpc) is 3.05. The molecule has 3 aromatic carbocycles. The molecule has 1 aliphatic heterocycles. The molecule has 4 rings (SSSR count). The van der Waals surface area contributed by atoms with Gasteiger partial charge in [-0.1, -0.05) is 72.3 Å². The lowest BCUT2D eigenvalue weighted by atomic mass is 9.95. The van der Waals surface area contributed by atoms with Gasteiger partial charge in [-0.3, -0.25) is 9.59 Å². The van der Waals surface area contributed by atoms with Gasteiger partial charge in [0.15, 0.2) is 0 Å². The number of ether oxygens (including phenoxy) is 1. The quantitative estimate of drug-likeness (QED) is 0.341. The molecule has 5 nitrogen and oxygen atoms in total. The van der Waals surface area contributed by atoms with E-state index < -0.39 is 17.7 Å². The number of amides is 1. The van der Waals surface area contributed by atoms with Crippen LogP contribution in [0.3, 0.4) is 0 Å². The second kappa shape index (κ2) is 9.10. The highest BCUT2D eigenvalue weighted by molar-refractivity contribution is 6.46. The lowest BCUT2D eigenvalue weighted by Gasteiger charge is -2.25. The van der Waals surface area contributed by atoms with Gasteiger partial charge in [0.05, 0.1) is 18.2 Å². The van der Waals surface area contributed by atoms with E-state index >= 15 is 0 Å². The Kier molecular flexibility index (Phi) is 6.08. The first-order chi connectivity index (χ1) is 15.5. The molecule has 0 bridgehead atoms. The number of hydrogen-bond acceptors (Lipinski definition) is 4. The summed E-state index contributed by atoms with van der Waals surface area (Å²) in [5.41, 5.74) is 3.27. The van der Waals surface area contributed by atoms with Crippen LogP contribution >= 0.6 is 0 Å². The lowest BCUT2D eigenvalue weighted by molar-refractivity contribution is -0.140. The molecule has 1 saturated heterocycles. The predicted molar refractivity (Wildman–Crippen MR) is 123 cm³/mol. The Labute approximate surface area is 187 Å². The summed E-state index contributed by atoms with van der Waals surface area (Å²) in [7, 11) is 0. The highest BCUT2D eigenvalue weighted by Gasteiger charge is 2.46. The summed E-state index contributed by atoms with van der Waals surface area (Å²) in [6.45, 7) is 4.65. The summed E-state index contributed by atoms with van der Waals surface area (Å²) in [5, 5.41) is 11.1. The molecule has 1 atom stereocenters. The molecule has 1 heterocycles. The number of aliphatic hydroxyl groups is 1. The summed E-state index contributed by atoms with van der Waals surface area (Å²) >= 11 is 0. The van der Waals surface area contributed by atoms with Gasteiger partial charge in [-0.2, -0.15) is 0 Å². The Bertz CT molecular complexity index is 1150. The van der Waals surface area contributed by atoms with Crippen LogP contribution in [0.1, 0.15) is 35.2 Å². The van der Waals surface area contributed by atoms with Crippen LogP contribution in [-0.2, 0) is 16.1 Å². The molecule has 0 aromatic heterocycles. The first kappa shape index (κ1) is 21.4. The minimum Gasteiger partial charge on any atom is -0.507 e. The smallest absolute Gasteiger partial charge is 0.295 e. The maximum Gasteiger partial charge on any atom is 0.295 e. The van der Waals surface area contributed by atoms with Crippen molar-refractivity contribution < 1.29 is 19.4 Å². The van der Waals surface area contributed by atoms with Crippen molar-refractivity contribution in [3.63, 3.8) is 0 Å². The van der Waals surface area contributed by atoms with Crippen molar-refractivity contribution in [2.45, 2.75) is 26.4 Å². The number of rotatable bonds is 6. The number of aliphatic hydroxyl groups excluding tert-OH is 1. The minimum atomic E-state index is -0.702. The number of carbonyl (C=O) groups excluding carboxylic acids is 2. The van der Waals surface area contributed by atoms with E-state index in [1.54, 1.807) is 12.1 Å². The second-order valence-electron chi connectivity index (χ2n) is 7.78. The van der Waals surface area contributed by atoms with Crippen molar-refractivity contribution in [3.8, 4) is 5.75 Å². The molecule has 0 saturated carbocycles. The van der Waals surface area contributed by atoms with E-state index in [9.17, 15) is 14.7 Å². The molecule has 1 unspecified atom stereocenters. The maximum atomic E-state index is 13.1. The third-order valence-electron chi connectivity index (χ3n) is 5.57. The van der Waals surface area contributed by atoms with Gasteiger partial charge in [-0.15, -0.1) is 0 Å². The molecule has 162 valence electrons. The molecule has 1 N–H and O–H groups in total. The summed E-state index contributed by atoms with van der Waals surface area (Å²) in [5.74, 6) is -0.771. The van der Waals surface area contributed by atoms with E-state index in [2.05, 4.69) is 0 Å². The highest BCUT2D eigenvalue weighted by atomic mass is 16.5. The predicted octanol–water partition coefficient (Wildman–Crippen LogP) is 5.02. The number of nitrogens with zero attached hydrogens (tertiary/aromatic N) is 1. The van der Waals surface area contributed by atoms with Crippen molar-refractivity contribution in [2.24, 2.45) is 0 Å². The monoisotopic (exact) mass is 427 g/mol. The van der Waals surface area contributed by atoms with E-state index in [0.29, 0.717) is 17.9 Å². The fourth-order valence-corrected chi connectivity index (χ4v) is 3.95. The van der Waals surface area contributed by atoms with Crippen molar-refractivity contribution in [3.05, 3.63) is 107 Å². The first-order valence-electron chi connectivity index (χ1n) is 10.6. The van der Waals surface area contributed by atoms with Crippen molar-refractivity contribution in [2.75, 3.05) is 6.61 Å². The zero-order valence-corrected chi connectivity index (χ0v) is 18.1. The van der Waals surface area contributed by atoms with E-state index in [1.807, 2.05) is 80.6 Å². The van der Waals surface area contributed by atoms with Crippen molar-refractivity contribution >= 4 is 17.4 Å². The van der Waals surface area contributed by atoms with E-state index in [1.165, 1.54) is 4.90 Å². The van der Waals surface area contributed by atoms with Gasteiger partial charge in [-0.25, -0.2) is 0 Å². The number of Topliss-reactive ketones (excluding diaryl/α,β-unsaturated/α-hetero) is 1. The van der Waals surface area contributed by atoms with Gasteiger partial charge in [0, 0.05) is 12.1 Å². The number of aryl methyl sites for hydroxylation is 1. The molecular formula is C27H25NO4. The van der Waals surface area contributed by atoms with Gasteiger partial charge in [0.1, 0.15) is 11.5 Å². The molecule has 3 aromatic rings. The normalized spacial score (nSPS) is 17.6. The van der Waals surface area contributed by atoms with Gasteiger partial charge in [0.25, 0.3) is 11.7 Å². The minimum absolute atomic E-state index is 0.0962. The largest absolute Gasteiger partial charge is 0.507 e. The topological polar surface area (TPSA) is 66.8 Å². The lowest BCUT2D eigenvalue weighted by Crippen LogP contribution is -2.29. The summed E-state index contributed by atoms with van der Waals surface area (Å²) < 4.78 is 5.53. The first-order valence-corrected chi connectivity index (χ1v) is 10.6. The van der Waals surface area contributed by atoms with Crippen LogP contribution in [0.15, 0.2) is 84.4 Å². The highest BCUT2D eigenvalue weighted by Crippen LogP contribution is 2.40. The number of ketones is 1. The van der Waals surface area contributed by atoms with Crippen LogP contribution in [0.5, 0.6) is 5.75 Å². The fraction of sp³-hybridized carbons (Fsp3) is 0.185. The maximum absolute atomic E-state index is 13.1. The van der Waals surface area contributed by atoms with Crippen LogP contribution in [0.2, 0.25) is 0 Å². The molecule has 1 aliphatic rings. The molecule has 5 heteroatoms. The Hall–Kier alpha value is -3.86. The van der Waals surface area contributed by atoms with Gasteiger partial charge in [-0.05, 0) is 37.1 Å². The van der Waals surface area contributed by atoms with Crippen LogP contribution < -0.4 is 4.74 Å². The molecule has 1 amide bonds. The molecule has 0 aliphatic carbocycles. The van der Waals surface area contributed by atoms with Gasteiger partial charge >= 0.3 is 0 Å². The third kappa shape index (κ3) is 4.14. The van der Waals surface area contributed by atoms with Gasteiger partial charge in [0.2, 0.25) is 0 Å². The summed E-state index contributed by atoms with van der Waals surface area (Å²) in [6.07, 6.45) is 0. The number of likely N-dealkylation sites (tertiary alicyclic amines) is 1.